The van der Waals surface area contributed by atoms with Crippen LogP contribution in [0.1, 0.15) is 10.4 Å². The first-order valence-electron chi connectivity index (χ1n) is 6.43. The summed E-state index contributed by atoms with van der Waals surface area (Å²) in [6.45, 7) is 0. The molecule has 0 aliphatic heterocycles. The van der Waals surface area contributed by atoms with Crippen molar-refractivity contribution in [3.63, 3.8) is 0 Å². The lowest BCUT2D eigenvalue weighted by Gasteiger charge is -2.13. The highest BCUT2D eigenvalue weighted by atomic mass is 16.4. The van der Waals surface area contributed by atoms with E-state index < -0.39 is 5.97 Å². The van der Waals surface area contributed by atoms with E-state index in [0.29, 0.717) is 5.52 Å². The van der Waals surface area contributed by atoms with Gasteiger partial charge >= 0.3 is 5.97 Å². The van der Waals surface area contributed by atoms with Crippen LogP contribution in [0.15, 0.2) is 42.5 Å². The minimum absolute atomic E-state index is 0.205. The smallest absolute Gasteiger partial charge is 0.335 e. The molecule has 0 spiro atoms. The van der Waals surface area contributed by atoms with E-state index in [1.165, 1.54) is 6.07 Å². The molecule has 0 saturated carbocycles. The van der Waals surface area contributed by atoms with E-state index >= 15 is 0 Å². The third-order valence-corrected chi connectivity index (χ3v) is 3.28. The Morgan fingerprint density at radius 2 is 2.00 bits per heavy atom. The molecule has 1 heterocycles. The molecule has 0 saturated heterocycles. The number of hydrogen-bond acceptors (Lipinski definition) is 4. The largest absolute Gasteiger partial charge is 0.478 e. The van der Waals surface area contributed by atoms with Gasteiger partial charge in [0.2, 0.25) is 0 Å². The topological polar surface area (TPSA) is 71.2 Å². The van der Waals surface area contributed by atoms with Crippen LogP contribution in [0.5, 0.6) is 0 Å². The number of anilines is 1. The summed E-state index contributed by atoms with van der Waals surface area (Å²) in [6.07, 6.45) is 0. The molecule has 0 fully saturated rings. The SMILES string of the molecule is CN(C)c1cccc(-n2nnc3cc(C(=O)O)ccc32)c1. The molecule has 2 aromatic carbocycles. The molecule has 0 aliphatic carbocycles. The van der Waals surface area contributed by atoms with E-state index in [1.807, 2.05) is 43.3 Å². The Kier molecular flexibility index (Phi) is 3.06. The first-order chi connectivity index (χ1) is 10.1. The van der Waals surface area contributed by atoms with Crippen LogP contribution in [0.4, 0.5) is 5.69 Å². The molecular formula is C15H14N4O2. The second kappa shape index (κ2) is 4.90. The number of rotatable bonds is 3. The highest BCUT2D eigenvalue weighted by Crippen LogP contribution is 2.21. The van der Waals surface area contributed by atoms with Crippen LogP contribution in [0.2, 0.25) is 0 Å². The predicted molar refractivity (Wildman–Crippen MR) is 80.2 cm³/mol. The molecule has 3 rings (SSSR count). The zero-order valence-corrected chi connectivity index (χ0v) is 11.7. The van der Waals surface area contributed by atoms with Crippen molar-refractivity contribution >= 4 is 22.7 Å². The zero-order valence-electron chi connectivity index (χ0n) is 11.7. The second-order valence-electron chi connectivity index (χ2n) is 4.92. The molecule has 1 aromatic heterocycles. The van der Waals surface area contributed by atoms with Crippen molar-refractivity contribution in [2.45, 2.75) is 0 Å². The summed E-state index contributed by atoms with van der Waals surface area (Å²) in [5.74, 6) is -0.971. The molecule has 0 unspecified atom stereocenters. The zero-order chi connectivity index (χ0) is 15.0. The van der Waals surface area contributed by atoms with Crippen molar-refractivity contribution in [2.75, 3.05) is 19.0 Å². The van der Waals surface area contributed by atoms with E-state index in [1.54, 1.807) is 16.8 Å². The van der Waals surface area contributed by atoms with Crippen LogP contribution < -0.4 is 4.90 Å². The number of carboxylic acid groups (broad SMARTS) is 1. The van der Waals surface area contributed by atoms with Gasteiger partial charge in [0.1, 0.15) is 5.52 Å². The molecule has 6 heteroatoms. The number of carboxylic acids is 1. The second-order valence-corrected chi connectivity index (χ2v) is 4.92. The van der Waals surface area contributed by atoms with E-state index in [4.69, 9.17) is 5.11 Å². The molecule has 21 heavy (non-hydrogen) atoms. The van der Waals surface area contributed by atoms with Crippen molar-refractivity contribution in [1.82, 2.24) is 15.0 Å². The molecule has 0 amide bonds. The van der Waals surface area contributed by atoms with Gasteiger partial charge in [-0.05, 0) is 36.4 Å². The maximum atomic E-state index is 11.0. The minimum atomic E-state index is -0.971. The number of carbonyl (C=O) groups is 1. The van der Waals surface area contributed by atoms with Crippen LogP contribution in [0.25, 0.3) is 16.7 Å². The molecule has 6 nitrogen and oxygen atoms in total. The van der Waals surface area contributed by atoms with Crippen molar-refractivity contribution in [2.24, 2.45) is 0 Å². The fourth-order valence-electron chi connectivity index (χ4n) is 2.15. The lowest BCUT2D eigenvalue weighted by atomic mass is 10.2. The van der Waals surface area contributed by atoms with Crippen LogP contribution >= 0.6 is 0 Å². The molecular weight excluding hydrogens is 268 g/mol. The Labute approximate surface area is 121 Å². The van der Waals surface area contributed by atoms with E-state index in [2.05, 4.69) is 10.3 Å². The summed E-state index contributed by atoms with van der Waals surface area (Å²) in [4.78, 5) is 13.0. The molecule has 0 aliphatic rings. The van der Waals surface area contributed by atoms with E-state index in [9.17, 15) is 4.79 Å². The van der Waals surface area contributed by atoms with Gasteiger partial charge in [-0.1, -0.05) is 11.3 Å². The molecule has 0 bridgehead atoms. The molecule has 0 atom stereocenters. The Balaban J connectivity index is 2.13. The molecule has 1 N–H and O–H groups in total. The average molecular weight is 282 g/mol. The molecule has 0 radical (unpaired) electrons. The van der Waals surface area contributed by atoms with Gasteiger partial charge in [-0.3, -0.25) is 0 Å². The average Bonchev–Trinajstić information content (AvgIpc) is 2.90. The van der Waals surface area contributed by atoms with Crippen LogP contribution in [-0.2, 0) is 0 Å². The van der Waals surface area contributed by atoms with E-state index in [0.717, 1.165) is 16.9 Å². The van der Waals surface area contributed by atoms with Gasteiger partial charge in [-0.15, -0.1) is 5.10 Å². The predicted octanol–water partition coefficient (Wildman–Crippen LogP) is 2.18. The normalized spacial score (nSPS) is 10.8. The number of nitrogens with zero attached hydrogens (tertiary/aromatic N) is 4. The van der Waals surface area contributed by atoms with Gasteiger partial charge in [-0.2, -0.15) is 0 Å². The molecule has 3 aromatic rings. The minimum Gasteiger partial charge on any atom is -0.478 e. The lowest BCUT2D eigenvalue weighted by Crippen LogP contribution is -2.09. The van der Waals surface area contributed by atoms with Crippen LogP contribution in [0, 0.1) is 0 Å². The van der Waals surface area contributed by atoms with Crippen molar-refractivity contribution in [1.29, 1.82) is 0 Å². The summed E-state index contributed by atoms with van der Waals surface area (Å²) < 4.78 is 1.70. The fourth-order valence-corrected chi connectivity index (χ4v) is 2.15. The third-order valence-electron chi connectivity index (χ3n) is 3.28. The standard InChI is InChI=1S/C15H14N4O2/c1-18(2)11-4-3-5-12(9-11)19-14-7-6-10(15(20)21)8-13(14)16-17-19/h3-9H,1-2H3,(H,20,21). The quantitative estimate of drug-likeness (QED) is 0.797. The number of fused-ring (bicyclic) bond motifs is 1. The Morgan fingerprint density at radius 3 is 2.71 bits per heavy atom. The fraction of sp³-hybridized carbons (Fsp3) is 0.133. The monoisotopic (exact) mass is 282 g/mol. The summed E-state index contributed by atoms with van der Waals surface area (Å²) in [5.41, 5.74) is 3.47. The van der Waals surface area contributed by atoms with Gasteiger partial charge in [0.05, 0.1) is 16.8 Å². The van der Waals surface area contributed by atoms with Gasteiger partial charge in [-0.25, -0.2) is 9.48 Å². The highest BCUT2D eigenvalue weighted by Gasteiger charge is 2.10. The first kappa shape index (κ1) is 13.1. The third kappa shape index (κ3) is 2.31. The Hall–Kier alpha value is -2.89. The Bertz CT molecular complexity index is 823. The number of benzene rings is 2. The number of hydrogen-bond donors (Lipinski definition) is 1. The maximum absolute atomic E-state index is 11.0. The lowest BCUT2D eigenvalue weighted by molar-refractivity contribution is 0.0697. The molecule has 106 valence electrons. The van der Waals surface area contributed by atoms with Crippen LogP contribution in [-0.4, -0.2) is 40.2 Å². The number of aromatic carboxylic acids is 1. The van der Waals surface area contributed by atoms with Gasteiger partial charge < -0.3 is 10.0 Å². The first-order valence-corrected chi connectivity index (χ1v) is 6.43. The van der Waals surface area contributed by atoms with Gasteiger partial charge in [0.25, 0.3) is 0 Å². The van der Waals surface area contributed by atoms with Gasteiger partial charge in [0.15, 0.2) is 0 Å². The Morgan fingerprint density at radius 1 is 1.19 bits per heavy atom. The number of aromatic nitrogens is 3. The van der Waals surface area contributed by atoms with E-state index in [-0.39, 0.29) is 5.56 Å². The summed E-state index contributed by atoms with van der Waals surface area (Å²) >= 11 is 0. The van der Waals surface area contributed by atoms with Crippen molar-refractivity contribution < 1.29 is 9.90 Å². The maximum Gasteiger partial charge on any atom is 0.335 e. The van der Waals surface area contributed by atoms with Gasteiger partial charge in [0, 0.05) is 19.8 Å². The van der Waals surface area contributed by atoms with Crippen molar-refractivity contribution in [3.8, 4) is 5.69 Å². The summed E-state index contributed by atoms with van der Waals surface area (Å²) in [5, 5.41) is 17.2. The summed E-state index contributed by atoms with van der Waals surface area (Å²) in [7, 11) is 3.94. The summed E-state index contributed by atoms with van der Waals surface area (Å²) in [6, 6.07) is 12.7. The van der Waals surface area contributed by atoms with Crippen LogP contribution in [0.3, 0.4) is 0 Å². The van der Waals surface area contributed by atoms with Crippen molar-refractivity contribution in [3.05, 3.63) is 48.0 Å². The highest BCUT2D eigenvalue weighted by molar-refractivity contribution is 5.92.